The largest absolute Gasteiger partial charge is 0.497 e. The molecular weight excluding hydrogens is 593 g/mol. The summed E-state index contributed by atoms with van der Waals surface area (Å²) in [6, 6.07) is 38.8. The first-order valence-electron chi connectivity index (χ1n) is 15.6. The minimum Gasteiger partial charge on any atom is -0.497 e. The summed E-state index contributed by atoms with van der Waals surface area (Å²) in [4.78, 5) is 0. The molecule has 0 N–H and O–H groups in total. The number of alkyl halides is 3. The summed E-state index contributed by atoms with van der Waals surface area (Å²) in [6.45, 7) is 4.02. The van der Waals surface area contributed by atoms with E-state index < -0.39 is 22.8 Å². The molecule has 47 heavy (non-hydrogen) atoms. The maximum absolute atomic E-state index is 13.9. The molecule has 1 unspecified atom stereocenters. The van der Waals surface area contributed by atoms with Crippen LogP contribution in [0, 0.1) is 0 Å². The first-order valence-corrected chi connectivity index (χ1v) is 15.6. The smallest absolute Gasteiger partial charge is 0.416 e. The quantitative estimate of drug-likeness (QED) is 0.194. The molecule has 0 saturated carbocycles. The molecule has 0 bridgehead atoms. The molecule has 6 aromatic carbocycles. The molecule has 1 heterocycles. The highest BCUT2D eigenvalue weighted by molar-refractivity contribution is 6.08. The Balaban J connectivity index is 1.36. The van der Waals surface area contributed by atoms with Gasteiger partial charge in [0.05, 0.1) is 12.7 Å². The van der Waals surface area contributed by atoms with E-state index in [4.69, 9.17) is 9.47 Å². The fourth-order valence-corrected chi connectivity index (χ4v) is 7.47. The van der Waals surface area contributed by atoms with Crippen LogP contribution in [0.4, 0.5) is 13.2 Å². The van der Waals surface area contributed by atoms with E-state index in [-0.39, 0.29) is 0 Å². The molecule has 0 spiro atoms. The molecule has 6 aromatic rings. The fourth-order valence-electron chi connectivity index (χ4n) is 7.47. The van der Waals surface area contributed by atoms with Crippen molar-refractivity contribution in [3.05, 3.63) is 161 Å². The number of benzene rings is 6. The lowest BCUT2D eigenvalue weighted by Gasteiger charge is -2.38. The Hall–Kier alpha value is -5.29. The summed E-state index contributed by atoms with van der Waals surface area (Å²) in [5.74, 6) is 1.45. The predicted octanol–water partition coefficient (Wildman–Crippen LogP) is 11.2. The highest BCUT2D eigenvalue weighted by atomic mass is 19.4. The number of rotatable bonds is 4. The van der Waals surface area contributed by atoms with Crippen LogP contribution in [0.25, 0.3) is 39.1 Å². The van der Waals surface area contributed by atoms with E-state index in [9.17, 15) is 13.2 Å². The van der Waals surface area contributed by atoms with Gasteiger partial charge in [-0.15, -0.1) is 0 Å². The lowest BCUT2D eigenvalue weighted by atomic mass is 9.76. The van der Waals surface area contributed by atoms with Gasteiger partial charge in [0.25, 0.3) is 0 Å². The summed E-state index contributed by atoms with van der Waals surface area (Å²) in [6.07, 6.45) is -0.236. The lowest BCUT2D eigenvalue weighted by molar-refractivity contribution is -0.137. The predicted molar refractivity (Wildman–Crippen MR) is 182 cm³/mol. The van der Waals surface area contributed by atoms with Crippen molar-refractivity contribution in [3.8, 4) is 33.8 Å². The highest BCUT2D eigenvalue weighted by Gasteiger charge is 2.45. The zero-order valence-corrected chi connectivity index (χ0v) is 26.2. The van der Waals surface area contributed by atoms with E-state index in [0.29, 0.717) is 11.3 Å². The average Bonchev–Trinajstić information content (AvgIpc) is 3.34. The Morgan fingerprint density at radius 2 is 1.30 bits per heavy atom. The van der Waals surface area contributed by atoms with Gasteiger partial charge in [-0.3, -0.25) is 0 Å². The third kappa shape index (κ3) is 4.40. The molecule has 2 nitrogen and oxygen atoms in total. The van der Waals surface area contributed by atoms with Gasteiger partial charge in [-0.25, -0.2) is 0 Å². The summed E-state index contributed by atoms with van der Waals surface area (Å²) >= 11 is 0. The second-order valence-corrected chi connectivity index (χ2v) is 12.8. The Morgan fingerprint density at radius 3 is 1.96 bits per heavy atom. The molecule has 5 heteroatoms. The summed E-state index contributed by atoms with van der Waals surface area (Å²) in [7, 11) is 1.64. The maximum Gasteiger partial charge on any atom is 0.416 e. The van der Waals surface area contributed by atoms with Crippen molar-refractivity contribution in [3.63, 3.8) is 0 Å². The Morgan fingerprint density at radius 1 is 0.681 bits per heavy atom. The van der Waals surface area contributed by atoms with Crippen LogP contribution < -0.4 is 9.47 Å². The van der Waals surface area contributed by atoms with Crippen molar-refractivity contribution in [2.24, 2.45) is 0 Å². The molecule has 0 fully saturated rings. The first kappa shape index (κ1) is 29.1. The molecule has 232 valence electrons. The number of fused-ring (bicyclic) bond motifs is 8. The number of halogens is 3. The van der Waals surface area contributed by atoms with Gasteiger partial charge in [0, 0.05) is 27.5 Å². The second kappa shape index (κ2) is 10.4. The number of ether oxygens (including phenoxy) is 2. The first-order chi connectivity index (χ1) is 22.6. The Kier molecular flexibility index (Phi) is 6.42. The lowest BCUT2D eigenvalue weighted by Crippen LogP contribution is -2.35. The zero-order valence-electron chi connectivity index (χ0n) is 26.2. The van der Waals surface area contributed by atoms with Crippen LogP contribution in [0.5, 0.6) is 11.5 Å². The molecule has 0 aromatic heterocycles. The minimum absolute atomic E-state index is 0.639. The monoisotopic (exact) mass is 624 g/mol. The van der Waals surface area contributed by atoms with Crippen LogP contribution in [-0.4, -0.2) is 7.11 Å². The molecule has 1 atom stereocenters. The van der Waals surface area contributed by atoms with E-state index in [0.717, 1.165) is 61.0 Å². The Bertz CT molecular complexity index is 2200. The van der Waals surface area contributed by atoms with Crippen molar-refractivity contribution in [1.82, 2.24) is 0 Å². The molecule has 8 rings (SSSR count). The van der Waals surface area contributed by atoms with Crippen LogP contribution in [0.15, 0.2) is 127 Å². The van der Waals surface area contributed by atoms with Crippen LogP contribution in [0.3, 0.4) is 0 Å². The van der Waals surface area contributed by atoms with Crippen molar-refractivity contribution < 1.29 is 22.6 Å². The number of hydrogen-bond acceptors (Lipinski definition) is 2. The molecule has 1 aliphatic carbocycles. The van der Waals surface area contributed by atoms with Crippen LogP contribution >= 0.6 is 0 Å². The highest BCUT2D eigenvalue weighted by Crippen LogP contribution is 2.58. The average molecular weight is 625 g/mol. The van der Waals surface area contributed by atoms with Crippen LogP contribution in [0.1, 0.15) is 47.2 Å². The SMILES string of the molecule is COc1ccc(C2(c3ccc(-c4ccccc4)cc3)C=Cc3c4c(c5ccccc5c3O2)-c2ccc(C(F)(F)F)cc2C4(C)C)cc1. The number of hydrogen-bond donors (Lipinski definition) is 0. The van der Waals surface area contributed by atoms with Crippen LogP contribution in [0.2, 0.25) is 0 Å². The molecular formula is C42H31F3O2. The summed E-state index contributed by atoms with van der Waals surface area (Å²) in [5.41, 5.74) is 6.09. The topological polar surface area (TPSA) is 18.5 Å². The van der Waals surface area contributed by atoms with Gasteiger partial charge >= 0.3 is 6.18 Å². The molecule has 2 aliphatic rings. The Labute approximate surface area is 271 Å². The molecule has 0 saturated heterocycles. The number of methoxy groups -OCH3 is 1. The van der Waals surface area contributed by atoms with Crippen molar-refractivity contribution in [2.75, 3.05) is 7.11 Å². The van der Waals surface area contributed by atoms with Crippen molar-refractivity contribution in [2.45, 2.75) is 31.0 Å². The standard InChI is InChI=1S/C42H31F3O2/c1-40(2)36-25-30(42(43,44)45)19-22-34(36)37-32-11-7-8-12-33(32)39-35(38(37)40)23-24-41(47-39,29-17-20-31(46-3)21-18-29)28-15-13-27(14-16-28)26-9-5-4-6-10-26/h4-25H,1-3H3. The van der Waals surface area contributed by atoms with E-state index >= 15 is 0 Å². The van der Waals surface area contributed by atoms with E-state index in [1.165, 1.54) is 12.1 Å². The maximum atomic E-state index is 13.9. The van der Waals surface area contributed by atoms with Gasteiger partial charge in [-0.2, -0.15) is 13.2 Å². The summed E-state index contributed by atoms with van der Waals surface area (Å²) in [5, 5.41) is 1.86. The van der Waals surface area contributed by atoms with Gasteiger partial charge in [-0.05, 0) is 69.1 Å². The summed E-state index contributed by atoms with van der Waals surface area (Å²) < 4.78 is 54.5. The molecule has 0 radical (unpaired) electrons. The van der Waals surface area contributed by atoms with Gasteiger partial charge in [0.1, 0.15) is 11.5 Å². The van der Waals surface area contributed by atoms with E-state index in [2.05, 4.69) is 48.6 Å². The molecule has 0 amide bonds. The third-order valence-corrected chi connectivity index (χ3v) is 9.81. The van der Waals surface area contributed by atoms with Gasteiger partial charge in [0.2, 0.25) is 0 Å². The van der Waals surface area contributed by atoms with Gasteiger partial charge in [0.15, 0.2) is 5.60 Å². The minimum atomic E-state index is -4.43. The van der Waals surface area contributed by atoms with Crippen molar-refractivity contribution in [1.29, 1.82) is 0 Å². The van der Waals surface area contributed by atoms with E-state index in [1.54, 1.807) is 13.2 Å². The fraction of sp³-hybridized carbons (Fsp3) is 0.143. The van der Waals surface area contributed by atoms with Gasteiger partial charge < -0.3 is 9.47 Å². The normalized spacial score (nSPS) is 17.5. The molecule has 1 aliphatic heterocycles. The second-order valence-electron chi connectivity index (χ2n) is 12.8. The van der Waals surface area contributed by atoms with Gasteiger partial charge in [-0.1, -0.05) is 117 Å². The third-order valence-electron chi connectivity index (χ3n) is 9.81. The van der Waals surface area contributed by atoms with Crippen molar-refractivity contribution >= 4 is 16.8 Å². The zero-order chi connectivity index (χ0) is 32.6. The van der Waals surface area contributed by atoms with Crippen LogP contribution in [-0.2, 0) is 17.2 Å². The van der Waals surface area contributed by atoms with E-state index in [1.807, 2.05) is 80.6 Å².